The number of amides is 2. The molecule has 13 heteroatoms. The number of benzene rings is 2. The average molecular weight is 754 g/mol. The number of hydrogen-bond donors (Lipinski definition) is 2. The molecule has 0 aliphatic carbocycles. The van der Waals surface area contributed by atoms with Crippen LogP contribution in [0.15, 0.2) is 61.1 Å². The Morgan fingerprint density at radius 1 is 0.925 bits per heavy atom. The SMILES string of the molecule is COc1nc(-c2cccc(-c3cccc(-c4cnc5c(CN(C)CC6(C)CCC(=O)N6)cn(C)c5c4)c3Cl)c2Cl)cnc1CN1CC2(CCC(=O)N2)C1. The minimum absolute atomic E-state index is 0.105. The maximum atomic E-state index is 11.9. The Morgan fingerprint density at radius 2 is 1.60 bits per heavy atom. The first-order chi connectivity index (χ1) is 25.4. The van der Waals surface area contributed by atoms with Gasteiger partial charge in [-0.25, -0.2) is 4.98 Å². The van der Waals surface area contributed by atoms with Gasteiger partial charge in [-0.05, 0) is 32.9 Å². The number of pyridine rings is 1. The van der Waals surface area contributed by atoms with Crippen LogP contribution in [0.3, 0.4) is 0 Å². The number of likely N-dealkylation sites (tertiary alicyclic amines) is 1. The maximum absolute atomic E-state index is 11.9. The van der Waals surface area contributed by atoms with E-state index in [1.807, 2.05) is 49.6 Å². The fraction of sp³-hybridized carbons (Fsp3) is 0.375. The molecule has 0 bridgehead atoms. The lowest BCUT2D eigenvalue weighted by Crippen LogP contribution is -2.66. The van der Waals surface area contributed by atoms with Crippen LogP contribution in [0, 0.1) is 0 Å². The Kier molecular flexibility index (Phi) is 9.17. The second-order valence-corrected chi connectivity index (χ2v) is 15.9. The summed E-state index contributed by atoms with van der Waals surface area (Å²) >= 11 is 14.3. The van der Waals surface area contributed by atoms with Crippen molar-refractivity contribution in [2.45, 2.75) is 56.8 Å². The van der Waals surface area contributed by atoms with Crippen LogP contribution in [0.1, 0.15) is 43.9 Å². The topological polar surface area (TPSA) is 118 Å². The maximum Gasteiger partial charge on any atom is 0.237 e. The standard InChI is InChI=1S/C40H42Cl2N8O3/c1-39(13-11-33(51)46-39)21-48(2)18-25-19-49(3)32-15-24(16-44-37(25)32)26-7-5-8-27(35(26)41)28-9-6-10-29(36(28)42)30-17-43-31(38(45-30)53-4)20-50-22-40(23-50)14-12-34(52)47-40/h5-10,15-17,19H,11-14,18,20-23H2,1-4H3,(H,46,51)(H,47,52). The van der Waals surface area contributed by atoms with Crippen molar-refractivity contribution in [3.8, 4) is 39.4 Å². The molecule has 1 spiro atoms. The van der Waals surface area contributed by atoms with Crippen molar-refractivity contribution in [1.29, 1.82) is 0 Å². The van der Waals surface area contributed by atoms with Crippen molar-refractivity contribution in [3.05, 3.63) is 82.4 Å². The van der Waals surface area contributed by atoms with Crippen molar-refractivity contribution in [2.24, 2.45) is 7.05 Å². The molecule has 3 saturated heterocycles. The van der Waals surface area contributed by atoms with Crippen LogP contribution in [0.4, 0.5) is 0 Å². The number of nitrogens with one attached hydrogen (secondary N) is 2. The van der Waals surface area contributed by atoms with Crippen LogP contribution in [-0.4, -0.2) is 86.0 Å². The normalized spacial score (nSPS) is 19.6. The largest absolute Gasteiger partial charge is 0.480 e. The van der Waals surface area contributed by atoms with E-state index in [1.54, 1.807) is 13.3 Å². The average Bonchev–Trinajstić information content (AvgIpc) is 3.78. The number of fused-ring (bicyclic) bond motifs is 1. The fourth-order valence-corrected chi connectivity index (χ4v) is 9.01. The highest BCUT2D eigenvalue weighted by molar-refractivity contribution is 6.39. The minimum atomic E-state index is -0.220. The first kappa shape index (κ1) is 35.5. The van der Waals surface area contributed by atoms with Crippen molar-refractivity contribution < 1.29 is 14.3 Å². The van der Waals surface area contributed by atoms with Crippen LogP contribution >= 0.6 is 23.2 Å². The summed E-state index contributed by atoms with van der Waals surface area (Å²) in [6.07, 6.45) is 8.60. The summed E-state index contributed by atoms with van der Waals surface area (Å²) in [4.78, 5) is 42.6. The summed E-state index contributed by atoms with van der Waals surface area (Å²) < 4.78 is 7.78. The van der Waals surface area contributed by atoms with E-state index in [1.165, 1.54) is 0 Å². The van der Waals surface area contributed by atoms with E-state index in [0.717, 1.165) is 77.0 Å². The molecule has 11 nitrogen and oxygen atoms in total. The number of likely N-dealkylation sites (N-methyl/N-ethyl adjacent to an activating group) is 1. The molecular formula is C40H42Cl2N8O3. The van der Waals surface area contributed by atoms with Gasteiger partial charge in [-0.2, -0.15) is 0 Å². The Bertz CT molecular complexity index is 2270. The molecule has 6 heterocycles. The molecule has 2 aromatic carbocycles. The van der Waals surface area contributed by atoms with Gasteiger partial charge in [0.15, 0.2) is 0 Å². The van der Waals surface area contributed by atoms with Crippen molar-refractivity contribution in [3.63, 3.8) is 0 Å². The molecule has 3 aliphatic heterocycles. The van der Waals surface area contributed by atoms with E-state index in [9.17, 15) is 9.59 Å². The lowest BCUT2D eigenvalue weighted by atomic mass is 9.88. The third-order valence-electron chi connectivity index (χ3n) is 10.8. The smallest absolute Gasteiger partial charge is 0.237 e. The van der Waals surface area contributed by atoms with E-state index >= 15 is 0 Å². The highest BCUT2D eigenvalue weighted by Gasteiger charge is 2.47. The van der Waals surface area contributed by atoms with Gasteiger partial charge >= 0.3 is 0 Å². The summed E-state index contributed by atoms with van der Waals surface area (Å²) in [6, 6.07) is 13.9. The Morgan fingerprint density at radius 3 is 2.28 bits per heavy atom. The van der Waals surface area contributed by atoms with Crippen LogP contribution in [0.25, 0.3) is 44.5 Å². The number of aryl methyl sites for hydroxylation is 1. The van der Waals surface area contributed by atoms with Crippen LogP contribution in [0.2, 0.25) is 10.0 Å². The highest BCUT2D eigenvalue weighted by Crippen LogP contribution is 2.43. The van der Waals surface area contributed by atoms with Crippen LogP contribution in [0.5, 0.6) is 5.88 Å². The van der Waals surface area contributed by atoms with Gasteiger partial charge in [-0.15, -0.1) is 0 Å². The Hall–Kier alpha value is -4.55. The predicted octanol–water partition coefficient (Wildman–Crippen LogP) is 6.24. The van der Waals surface area contributed by atoms with Gasteiger partial charge in [0, 0.05) is 98.4 Å². The van der Waals surface area contributed by atoms with Gasteiger partial charge in [0.05, 0.1) is 51.2 Å². The lowest BCUT2D eigenvalue weighted by molar-refractivity contribution is -0.121. The van der Waals surface area contributed by atoms with Gasteiger partial charge < -0.3 is 19.9 Å². The molecule has 3 aromatic heterocycles. The molecule has 3 fully saturated rings. The first-order valence-electron chi connectivity index (χ1n) is 17.9. The monoisotopic (exact) mass is 752 g/mol. The number of rotatable bonds is 10. The molecule has 1 atom stereocenters. The molecule has 274 valence electrons. The second kappa shape index (κ2) is 13.7. The second-order valence-electron chi connectivity index (χ2n) is 15.2. The van der Waals surface area contributed by atoms with Gasteiger partial charge in [-0.3, -0.25) is 29.4 Å². The molecule has 1 unspecified atom stereocenters. The minimum Gasteiger partial charge on any atom is -0.480 e. The number of methoxy groups -OCH3 is 1. The Labute approximate surface area is 318 Å². The lowest BCUT2D eigenvalue weighted by Gasteiger charge is -2.47. The number of aromatic nitrogens is 4. The number of halogens is 2. The molecule has 0 saturated carbocycles. The zero-order chi connectivity index (χ0) is 37.1. The zero-order valence-electron chi connectivity index (χ0n) is 30.3. The quantitative estimate of drug-likeness (QED) is 0.172. The summed E-state index contributed by atoms with van der Waals surface area (Å²) in [7, 11) is 5.70. The molecule has 0 radical (unpaired) electrons. The van der Waals surface area contributed by atoms with Crippen molar-refractivity contribution in [1.82, 2.24) is 40.0 Å². The van der Waals surface area contributed by atoms with E-state index in [4.69, 9.17) is 42.9 Å². The molecule has 5 aromatic rings. The number of nitrogens with zero attached hydrogens (tertiary/aromatic N) is 6. The summed E-state index contributed by atoms with van der Waals surface area (Å²) in [5, 5.41) is 7.33. The van der Waals surface area contributed by atoms with E-state index in [-0.39, 0.29) is 22.9 Å². The van der Waals surface area contributed by atoms with E-state index in [0.29, 0.717) is 53.1 Å². The molecule has 2 amide bonds. The van der Waals surface area contributed by atoms with E-state index in [2.05, 4.69) is 51.2 Å². The van der Waals surface area contributed by atoms with Gasteiger partial charge in [-0.1, -0.05) is 59.6 Å². The van der Waals surface area contributed by atoms with Crippen molar-refractivity contribution >= 4 is 46.0 Å². The van der Waals surface area contributed by atoms with Crippen LogP contribution < -0.4 is 15.4 Å². The van der Waals surface area contributed by atoms with Crippen LogP contribution in [-0.2, 0) is 29.7 Å². The molecule has 8 rings (SSSR count). The molecule has 2 N–H and O–H groups in total. The van der Waals surface area contributed by atoms with Gasteiger partial charge in [0.2, 0.25) is 17.7 Å². The third-order valence-corrected chi connectivity index (χ3v) is 11.7. The van der Waals surface area contributed by atoms with Gasteiger partial charge in [0.25, 0.3) is 0 Å². The molecular weight excluding hydrogens is 711 g/mol. The van der Waals surface area contributed by atoms with Gasteiger partial charge in [0.1, 0.15) is 5.69 Å². The summed E-state index contributed by atoms with van der Waals surface area (Å²) in [5.74, 6) is 0.685. The Balaban J connectivity index is 1.03. The molecule has 53 heavy (non-hydrogen) atoms. The van der Waals surface area contributed by atoms with Crippen molar-refractivity contribution in [2.75, 3.05) is 33.8 Å². The molecule has 3 aliphatic rings. The number of hydrogen-bond acceptors (Lipinski definition) is 8. The van der Waals surface area contributed by atoms with E-state index < -0.39 is 0 Å². The number of carbonyl (C=O) groups excluding carboxylic acids is 2. The zero-order valence-corrected chi connectivity index (χ0v) is 31.8. The summed E-state index contributed by atoms with van der Waals surface area (Å²) in [6.45, 7) is 5.72. The number of carbonyl (C=O) groups is 2. The predicted molar refractivity (Wildman–Crippen MR) is 207 cm³/mol. The first-order valence-corrected chi connectivity index (χ1v) is 18.6. The fourth-order valence-electron chi connectivity index (χ4n) is 8.35. The number of ether oxygens (including phenoxy) is 1. The highest BCUT2D eigenvalue weighted by atomic mass is 35.5. The third kappa shape index (κ3) is 6.76. The summed E-state index contributed by atoms with van der Waals surface area (Å²) in [5.41, 5.74) is 8.08.